The van der Waals surface area contributed by atoms with E-state index in [1.54, 1.807) is 0 Å². The average molecular weight is 1030 g/mol. The van der Waals surface area contributed by atoms with Crippen molar-refractivity contribution < 1.29 is 68.1 Å². The molecule has 0 unspecified atom stereocenters. The third-order valence-corrected chi connectivity index (χ3v) is 11.2. The lowest BCUT2D eigenvalue weighted by atomic mass is 10.0. The SMILES string of the molecule is NCCCC[C@H](NC(=O)[C@@H]1CCC(=O)N1)C(=O)N[C@@H](CCCCN)C(=O)N[C@@H](CC(=O)O)C(=O)N[C@@H](CCCCN)C(=O)N[C@@H](CCCCN)C(=O)N[C@@H](CC(=O)O)C(=O)N[C@@H](CCCN=C(N)N)C(=O)O. The monoisotopic (exact) mass is 1030 g/mol. The fourth-order valence-corrected chi connectivity index (χ4v) is 7.29. The summed E-state index contributed by atoms with van der Waals surface area (Å²) in [5.74, 6) is -11.9. The second-order valence-electron chi connectivity index (χ2n) is 17.2. The van der Waals surface area contributed by atoms with Crippen molar-refractivity contribution in [1.82, 2.24) is 42.5 Å². The lowest BCUT2D eigenvalue weighted by molar-refractivity contribution is -0.144. The summed E-state index contributed by atoms with van der Waals surface area (Å²) in [4.78, 5) is 147. The fraction of sp³-hybridized carbons (Fsp3) is 0.721. The number of hydrogen-bond donors (Lipinski definition) is 17. The summed E-state index contributed by atoms with van der Waals surface area (Å²) in [6, 6.07) is -11.7. The Labute approximate surface area is 417 Å². The maximum Gasteiger partial charge on any atom is 0.326 e. The Hall–Kier alpha value is -6.72. The van der Waals surface area contributed by atoms with Crippen molar-refractivity contribution in [1.29, 1.82) is 0 Å². The van der Waals surface area contributed by atoms with Crippen LogP contribution in [0.3, 0.4) is 0 Å². The van der Waals surface area contributed by atoms with Crippen LogP contribution in [0.5, 0.6) is 0 Å². The summed E-state index contributed by atoms with van der Waals surface area (Å²) >= 11 is 0. The van der Waals surface area contributed by atoms with Gasteiger partial charge in [-0.1, -0.05) is 0 Å². The molecule has 1 fully saturated rings. The van der Waals surface area contributed by atoms with Gasteiger partial charge in [-0.3, -0.25) is 52.9 Å². The molecule has 23 N–H and O–H groups in total. The average Bonchev–Trinajstić information content (AvgIpc) is 3.76. The molecule has 0 radical (unpaired) electrons. The molecule has 0 saturated carbocycles. The number of carbonyl (C=O) groups excluding carboxylic acids is 8. The molecule has 1 rings (SSSR count). The molecule has 29 heteroatoms. The highest BCUT2D eigenvalue weighted by molar-refractivity contribution is 5.99. The van der Waals surface area contributed by atoms with Crippen LogP contribution in [0.15, 0.2) is 4.99 Å². The van der Waals surface area contributed by atoms with Gasteiger partial charge in [0.1, 0.15) is 48.3 Å². The van der Waals surface area contributed by atoms with Crippen LogP contribution in [-0.4, -0.2) is 168 Å². The Morgan fingerprint density at radius 1 is 0.486 bits per heavy atom. The van der Waals surface area contributed by atoms with Crippen LogP contribution in [0.2, 0.25) is 0 Å². The van der Waals surface area contributed by atoms with E-state index in [1.807, 2.05) is 0 Å². The highest BCUT2D eigenvalue weighted by Gasteiger charge is 2.36. The molecular formula is C43H77N15O14. The predicted molar refractivity (Wildman–Crippen MR) is 258 cm³/mol. The van der Waals surface area contributed by atoms with Crippen molar-refractivity contribution >= 4 is 71.1 Å². The molecule has 1 saturated heterocycles. The standard InChI is InChI=1S/C43H77N15O14/c44-17-5-1-10-24(54-39(68)28-15-16-32(59)51-28)35(64)52-26(12-3-7-19-46)37(66)57-30(22-33(60)61)40(69)55-25(11-2-6-18-45)36(65)53-27(13-4-8-20-47)38(67)58-31(23-34(62)63)41(70)56-29(42(71)72)14-9-21-50-43(48)49/h24-31H,1-23,44-47H2,(H,51,59)(H,52,64)(H,53,65)(H,54,68)(H,55,69)(H,56,70)(H,57,66)(H,58,67)(H,60,61)(H,62,63)(H,71,72)(H4,48,49,50)/t24-,25-,26-,27-,28-,29-,30-,31-/m0/s1. The van der Waals surface area contributed by atoms with Gasteiger partial charge < -0.3 is 92.3 Å². The predicted octanol–water partition coefficient (Wildman–Crippen LogP) is -5.74. The molecule has 0 aromatic heterocycles. The number of hydrogen-bond acceptors (Lipinski definition) is 16. The first-order chi connectivity index (χ1) is 34.2. The Bertz CT molecular complexity index is 1850. The lowest BCUT2D eigenvalue weighted by Crippen LogP contribution is -2.60. The van der Waals surface area contributed by atoms with E-state index in [-0.39, 0.29) is 109 Å². The summed E-state index contributed by atoms with van der Waals surface area (Å²) in [6.07, 6.45) is 0.809. The van der Waals surface area contributed by atoms with Crippen molar-refractivity contribution in [3.63, 3.8) is 0 Å². The van der Waals surface area contributed by atoms with Crippen LogP contribution >= 0.6 is 0 Å². The van der Waals surface area contributed by atoms with Gasteiger partial charge in [0, 0.05) is 13.0 Å². The van der Waals surface area contributed by atoms with Crippen LogP contribution < -0.4 is 76.9 Å². The molecule has 0 aliphatic carbocycles. The van der Waals surface area contributed by atoms with E-state index in [4.69, 9.17) is 34.4 Å². The van der Waals surface area contributed by atoms with Crippen LogP contribution in [0.25, 0.3) is 0 Å². The lowest BCUT2D eigenvalue weighted by Gasteiger charge is -2.27. The summed E-state index contributed by atoms with van der Waals surface area (Å²) in [5.41, 5.74) is 33.2. The van der Waals surface area contributed by atoms with E-state index in [9.17, 15) is 68.1 Å². The number of rotatable bonds is 39. The number of amides is 8. The molecule has 1 aliphatic heterocycles. The highest BCUT2D eigenvalue weighted by atomic mass is 16.4. The zero-order chi connectivity index (χ0) is 54.2. The molecule has 1 heterocycles. The summed E-state index contributed by atoms with van der Waals surface area (Å²) in [7, 11) is 0. The van der Waals surface area contributed by atoms with Gasteiger partial charge in [0.05, 0.1) is 12.8 Å². The zero-order valence-corrected chi connectivity index (χ0v) is 40.6. The Morgan fingerprint density at radius 3 is 1.11 bits per heavy atom. The number of nitrogens with one attached hydrogen (secondary N) is 8. The molecule has 8 atom stereocenters. The molecule has 0 bridgehead atoms. The molecule has 0 spiro atoms. The second-order valence-corrected chi connectivity index (χ2v) is 17.2. The first kappa shape index (κ1) is 63.3. The molecule has 0 aromatic carbocycles. The Morgan fingerprint density at radius 2 is 0.806 bits per heavy atom. The number of carboxylic acids is 3. The van der Waals surface area contributed by atoms with E-state index >= 15 is 0 Å². The van der Waals surface area contributed by atoms with Gasteiger partial charge in [0.25, 0.3) is 0 Å². The third-order valence-electron chi connectivity index (χ3n) is 11.2. The maximum absolute atomic E-state index is 14.0. The number of nitrogens with two attached hydrogens (primary N) is 6. The van der Waals surface area contributed by atoms with Crippen molar-refractivity contribution in [3.05, 3.63) is 0 Å². The molecule has 72 heavy (non-hydrogen) atoms. The number of carbonyl (C=O) groups is 11. The number of aliphatic imine (C=N–C) groups is 1. The fourth-order valence-electron chi connectivity index (χ4n) is 7.29. The quantitative estimate of drug-likeness (QED) is 0.0155. The topological polar surface area (TPSA) is 513 Å². The van der Waals surface area contributed by atoms with E-state index in [2.05, 4.69) is 47.5 Å². The minimum absolute atomic E-state index is 0.0189. The van der Waals surface area contributed by atoms with E-state index < -0.39 is 120 Å². The van der Waals surface area contributed by atoms with Crippen molar-refractivity contribution in [2.24, 2.45) is 39.4 Å². The summed E-state index contributed by atoms with van der Waals surface area (Å²) < 4.78 is 0. The molecule has 0 aromatic rings. The molecule has 408 valence electrons. The van der Waals surface area contributed by atoms with E-state index in [0.29, 0.717) is 38.5 Å². The van der Waals surface area contributed by atoms with Crippen molar-refractivity contribution in [2.75, 3.05) is 32.7 Å². The second kappa shape index (κ2) is 35.4. The van der Waals surface area contributed by atoms with Gasteiger partial charge in [-0.2, -0.15) is 0 Å². The minimum atomic E-state index is -1.85. The minimum Gasteiger partial charge on any atom is -0.481 e. The van der Waals surface area contributed by atoms with Crippen molar-refractivity contribution in [3.8, 4) is 0 Å². The van der Waals surface area contributed by atoms with Gasteiger partial charge in [0.2, 0.25) is 47.3 Å². The van der Waals surface area contributed by atoms with Crippen LogP contribution in [0, 0.1) is 0 Å². The summed E-state index contributed by atoms with van der Waals surface area (Å²) in [6.45, 7) is 0.866. The van der Waals surface area contributed by atoms with Gasteiger partial charge in [-0.15, -0.1) is 0 Å². The number of carboxylic acid groups (broad SMARTS) is 3. The Kier molecular flexibility index (Phi) is 31.1. The smallest absolute Gasteiger partial charge is 0.326 e. The molecule has 29 nitrogen and oxygen atoms in total. The number of unbranched alkanes of at least 4 members (excludes halogenated alkanes) is 4. The number of guanidine groups is 1. The molecule has 1 aliphatic rings. The van der Waals surface area contributed by atoms with Gasteiger partial charge in [-0.25, -0.2) is 4.79 Å². The van der Waals surface area contributed by atoms with E-state index in [0.717, 1.165) is 0 Å². The Balaban J connectivity index is 3.44. The molecule has 8 amide bonds. The van der Waals surface area contributed by atoms with Gasteiger partial charge in [-0.05, 0) is 122 Å². The van der Waals surface area contributed by atoms with Crippen LogP contribution in [0.1, 0.15) is 116 Å². The first-order valence-corrected chi connectivity index (χ1v) is 24.1. The number of nitrogens with zero attached hydrogens (tertiary/aromatic N) is 1. The van der Waals surface area contributed by atoms with Gasteiger partial charge in [0.15, 0.2) is 5.96 Å². The summed E-state index contributed by atoms with van der Waals surface area (Å²) in [5, 5.41) is 48.6. The first-order valence-electron chi connectivity index (χ1n) is 24.1. The normalized spacial score (nSPS) is 15.9. The van der Waals surface area contributed by atoms with Gasteiger partial charge >= 0.3 is 17.9 Å². The van der Waals surface area contributed by atoms with Crippen molar-refractivity contribution in [2.45, 2.75) is 164 Å². The van der Waals surface area contributed by atoms with Crippen LogP contribution in [0.4, 0.5) is 0 Å². The molecular weight excluding hydrogens is 951 g/mol. The third kappa shape index (κ3) is 25.9. The van der Waals surface area contributed by atoms with E-state index in [1.165, 1.54) is 0 Å². The highest BCUT2D eigenvalue weighted by Crippen LogP contribution is 2.12. The zero-order valence-electron chi connectivity index (χ0n) is 40.6. The number of aliphatic carboxylic acids is 3. The van der Waals surface area contributed by atoms with Crippen LogP contribution in [-0.2, 0) is 52.7 Å². The maximum atomic E-state index is 14.0. The largest absolute Gasteiger partial charge is 0.481 e.